The van der Waals surface area contributed by atoms with Crippen LogP contribution in [0.4, 0.5) is 17.2 Å². The Morgan fingerprint density at radius 3 is 2.43 bits per heavy atom. The number of aromatic nitrogens is 3. The fraction of sp³-hybridized carbons (Fsp3) is 0.440. The molecule has 0 spiro atoms. The number of rotatable bonds is 6. The second kappa shape index (κ2) is 9.91. The third kappa shape index (κ3) is 5.07. The van der Waals surface area contributed by atoms with E-state index in [4.69, 9.17) is 5.73 Å². The van der Waals surface area contributed by atoms with Crippen molar-refractivity contribution in [3.05, 3.63) is 42.4 Å². The van der Waals surface area contributed by atoms with Gasteiger partial charge in [0.15, 0.2) is 0 Å². The van der Waals surface area contributed by atoms with E-state index < -0.39 is 0 Å². The van der Waals surface area contributed by atoms with E-state index in [9.17, 15) is 9.59 Å². The van der Waals surface area contributed by atoms with Crippen LogP contribution in [0.2, 0.25) is 0 Å². The van der Waals surface area contributed by atoms with Gasteiger partial charge in [-0.2, -0.15) is 0 Å². The summed E-state index contributed by atoms with van der Waals surface area (Å²) >= 11 is 0. The van der Waals surface area contributed by atoms with Crippen LogP contribution in [0.25, 0.3) is 11.0 Å². The van der Waals surface area contributed by atoms with Gasteiger partial charge in [-0.05, 0) is 50.1 Å². The lowest BCUT2D eigenvalue weighted by Crippen LogP contribution is -2.44. The Labute approximate surface area is 204 Å². The second-order valence-electron chi connectivity index (χ2n) is 9.52. The Morgan fingerprint density at radius 1 is 1.03 bits per heavy atom. The molecule has 10 heteroatoms. The molecule has 10 nitrogen and oxygen atoms in total. The minimum Gasteiger partial charge on any atom is -0.370 e. The minimum absolute atomic E-state index is 0.175. The molecule has 2 aromatic heterocycles. The Balaban J connectivity index is 1.30. The van der Waals surface area contributed by atoms with Crippen molar-refractivity contribution >= 4 is 40.0 Å². The molecule has 2 fully saturated rings. The summed E-state index contributed by atoms with van der Waals surface area (Å²) in [6.45, 7) is 5.60. The molecule has 2 saturated heterocycles. The van der Waals surface area contributed by atoms with Crippen molar-refractivity contribution in [2.75, 3.05) is 61.4 Å². The van der Waals surface area contributed by atoms with Gasteiger partial charge in [0.25, 0.3) is 5.91 Å². The average Bonchev–Trinajstić information content (AvgIpc) is 3.28. The molecule has 35 heavy (non-hydrogen) atoms. The first-order valence-electron chi connectivity index (χ1n) is 12.2. The van der Waals surface area contributed by atoms with Crippen LogP contribution in [0.1, 0.15) is 29.6 Å². The number of nitrogens with one attached hydrogen (secondary N) is 2. The fourth-order valence-electron chi connectivity index (χ4n) is 5.00. The molecule has 184 valence electrons. The highest BCUT2D eigenvalue weighted by Crippen LogP contribution is 2.33. The molecular formula is C25H32N8O2. The molecule has 0 unspecified atom stereocenters. The monoisotopic (exact) mass is 476 g/mol. The molecule has 3 aromatic rings. The van der Waals surface area contributed by atoms with Crippen molar-refractivity contribution in [1.29, 1.82) is 0 Å². The van der Waals surface area contributed by atoms with E-state index in [1.807, 2.05) is 24.3 Å². The third-order valence-corrected chi connectivity index (χ3v) is 7.10. The molecule has 0 aliphatic carbocycles. The van der Waals surface area contributed by atoms with Crippen molar-refractivity contribution < 1.29 is 9.59 Å². The smallest absolute Gasteiger partial charge is 0.255 e. The summed E-state index contributed by atoms with van der Waals surface area (Å²) in [5.74, 6) is 0.667. The number of carbonyl (C=O) groups is 2. The zero-order chi connectivity index (χ0) is 24.4. The highest BCUT2D eigenvalue weighted by atomic mass is 16.2. The quantitative estimate of drug-likeness (QED) is 0.497. The SMILES string of the molecule is CN1CCN(c2ccc(C(=O)Nc3c[nH]c4ncnc(N5CCC(CC(N)=O)CC5)c34)cc2)CC1. The predicted molar refractivity (Wildman–Crippen MR) is 137 cm³/mol. The second-order valence-corrected chi connectivity index (χ2v) is 9.52. The Kier molecular flexibility index (Phi) is 6.54. The number of hydrogen-bond donors (Lipinski definition) is 3. The van der Waals surface area contributed by atoms with Gasteiger partial charge < -0.3 is 30.7 Å². The van der Waals surface area contributed by atoms with E-state index in [0.717, 1.165) is 69.0 Å². The van der Waals surface area contributed by atoms with Gasteiger partial charge in [0, 0.05) is 63.1 Å². The molecule has 0 saturated carbocycles. The third-order valence-electron chi connectivity index (χ3n) is 7.10. The first-order valence-corrected chi connectivity index (χ1v) is 12.2. The number of benzene rings is 1. The lowest BCUT2D eigenvalue weighted by atomic mass is 9.93. The van der Waals surface area contributed by atoms with Gasteiger partial charge in [-0.25, -0.2) is 9.97 Å². The topological polar surface area (TPSA) is 123 Å². The number of primary amides is 1. The maximum atomic E-state index is 13.1. The summed E-state index contributed by atoms with van der Waals surface area (Å²) < 4.78 is 0. The first-order chi connectivity index (χ1) is 17.0. The number of nitrogens with two attached hydrogens (primary N) is 1. The maximum Gasteiger partial charge on any atom is 0.255 e. The minimum atomic E-state index is -0.250. The Hall–Kier alpha value is -3.66. The number of anilines is 3. The van der Waals surface area contributed by atoms with Crippen molar-refractivity contribution in [3.8, 4) is 0 Å². The van der Waals surface area contributed by atoms with E-state index in [1.165, 1.54) is 6.33 Å². The largest absolute Gasteiger partial charge is 0.370 e. The van der Waals surface area contributed by atoms with Crippen LogP contribution < -0.4 is 20.9 Å². The Morgan fingerprint density at radius 2 is 1.74 bits per heavy atom. The highest BCUT2D eigenvalue weighted by Gasteiger charge is 2.25. The molecule has 1 aromatic carbocycles. The van der Waals surface area contributed by atoms with Crippen molar-refractivity contribution in [2.45, 2.75) is 19.3 Å². The Bertz CT molecular complexity index is 1190. The number of likely N-dealkylation sites (N-methyl/N-ethyl adjacent to an activating group) is 1. The fourth-order valence-corrected chi connectivity index (χ4v) is 5.00. The lowest BCUT2D eigenvalue weighted by Gasteiger charge is -2.34. The van der Waals surface area contributed by atoms with Crippen LogP contribution in [0.3, 0.4) is 0 Å². The number of carbonyl (C=O) groups excluding carboxylic acids is 2. The zero-order valence-corrected chi connectivity index (χ0v) is 20.0. The molecule has 4 N–H and O–H groups in total. The predicted octanol–water partition coefficient (Wildman–Crippen LogP) is 2.05. The van der Waals surface area contributed by atoms with Crippen LogP contribution in [-0.2, 0) is 4.79 Å². The summed E-state index contributed by atoms with van der Waals surface area (Å²) in [4.78, 5) is 43.2. The van der Waals surface area contributed by atoms with Crippen molar-refractivity contribution in [1.82, 2.24) is 19.9 Å². The summed E-state index contributed by atoms with van der Waals surface area (Å²) in [7, 11) is 2.14. The molecule has 4 heterocycles. The summed E-state index contributed by atoms with van der Waals surface area (Å²) in [5, 5.41) is 3.84. The van der Waals surface area contributed by atoms with E-state index in [0.29, 0.717) is 29.2 Å². The molecule has 0 radical (unpaired) electrons. The summed E-state index contributed by atoms with van der Waals surface area (Å²) in [6.07, 6.45) is 5.47. The zero-order valence-electron chi connectivity index (χ0n) is 20.0. The number of hydrogen-bond acceptors (Lipinski definition) is 7. The standard InChI is InChI=1S/C25H32N8O2/c1-31-10-12-32(13-11-31)19-4-2-18(3-5-19)25(35)30-20-15-27-23-22(20)24(29-16-28-23)33-8-6-17(7-9-33)14-21(26)34/h2-5,15-17H,6-14H2,1H3,(H2,26,34)(H,30,35)(H,27,28,29). The highest BCUT2D eigenvalue weighted by molar-refractivity contribution is 6.10. The molecular weight excluding hydrogens is 444 g/mol. The van der Waals surface area contributed by atoms with Gasteiger partial charge in [-0.3, -0.25) is 9.59 Å². The van der Waals surface area contributed by atoms with Gasteiger partial charge in [0.1, 0.15) is 17.8 Å². The van der Waals surface area contributed by atoms with Gasteiger partial charge in [-0.15, -0.1) is 0 Å². The lowest BCUT2D eigenvalue weighted by molar-refractivity contribution is -0.119. The molecule has 2 aliphatic rings. The number of nitrogens with zero attached hydrogens (tertiary/aromatic N) is 5. The number of fused-ring (bicyclic) bond motifs is 1. The summed E-state index contributed by atoms with van der Waals surface area (Å²) in [5.41, 5.74) is 8.44. The van der Waals surface area contributed by atoms with Crippen molar-refractivity contribution in [2.24, 2.45) is 11.7 Å². The molecule has 5 rings (SSSR count). The van der Waals surface area contributed by atoms with Gasteiger partial charge in [0.05, 0.1) is 11.1 Å². The normalized spacial score (nSPS) is 17.6. The number of piperazine rings is 1. The average molecular weight is 477 g/mol. The first kappa shape index (κ1) is 23.1. The van der Waals surface area contributed by atoms with Gasteiger partial charge in [-0.1, -0.05) is 0 Å². The van der Waals surface area contributed by atoms with Crippen LogP contribution in [0, 0.1) is 5.92 Å². The van der Waals surface area contributed by atoms with Crippen LogP contribution >= 0.6 is 0 Å². The number of H-pyrrole nitrogens is 1. The van der Waals surface area contributed by atoms with Gasteiger partial charge >= 0.3 is 0 Å². The van der Waals surface area contributed by atoms with E-state index >= 15 is 0 Å². The maximum absolute atomic E-state index is 13.1. The van der Waals surface area contributed by atoms with Crippen LogP contribution in [0.15, 0.2) is 36.8 Å². The van der Waals surface area contributed by atoms with Crippen LogP contribution in [-0.4, -0.2) is 78.0 Å². The van der Waals surface area contributed by atoms with E-state index in [1.54, 1.807) is 6.20 Å². The number of aromatic amines is 1. The van der Waals surface area contributed by atoms with E-state index in [-0.39, 0.29) is 11.8 Å². The molecule has 2 amide bonds. The van der Waals surface area contributed by atoms with Gasteiger partial charge in [0.2, 0.25) is 5.91 Å². The molecule has 2 aliphatic heterocycles. The molecule has 0 bridgehead atoms. The number of amides is 2. The number of piperidine rings is 1. The summed E-state index contributed by atoms with van der Waals surface area (Å²) in [6, 6.07) is 7.78. The molecule has 0 atom stereocenters. The van der Waals surface area contributed by atoms with E-state index in [2.05, 4.69) is 42.0 Å². The van der Waals surface area contributed by atoms with Crippen LogP contribution in [0.5, 0.6) is 0 Å². The van der Waals surface area contributed by atoms with Crippen molar-refractivity contribution in [3.63, 3.8) is 0 Å².